The molecule has 1 saturated carbocycles. The summed E-state index contributed by atoms with van der Waals surface area (Å²) < 4.78 is 26.8. The van der Waals surface area contributed by atoms with E-state index in [-0.39, 0.29) is 20.9 Å². The lowest BCUT2D eigenvalue weighted by atomic mass is 10.1. The monoisotopic (exact) mass is 317 g/mol. The maximum Gasteiger partial charge on any atom is 0.337 e. The highest BCUT2D eigenvalue weighted by Gasteiger charge is 2.41. The molecule has 0 spiro atoms. The van der Waals surface area contributed by atoms with Gasteiger partial charge in [-0.1, -0.05) is 18.5 Å². The molecule has 0 unspecified atom stereocenters. The smallest absolute Gasteiger partial charge is 0.337 e. The molecule has 1 aliphatic rings. The van der Waals surface area contributed by atoms with Crippen LogP contribution in [-0.2, 0) is 10.0 Å². The zero-order chi connectivity index (χ0) is 15.0. The van der Waals surface area contributed by atoms with E-state index in [9.17, 15) is 13.2 Å². The van der Waals surface area contributed by atoms with Gasteiger partial charge in [0.15, 0.2) is 0 Å². The van der Waals surface area contributed by atoms with Crippen molar-refractivity contribution in [2.75, 3.05) is 6.54 Å². The Balaban J connectivity index is 2.17. The van der Waals surface area contributed by atoms with Crippen LogP contribution in [-0.4, -0.2) is 26.0 Å². The second-order valence-corrected chi connectivity index (χ2v) is 7.30. The molecule has 5 nitrogen and oxygen atoms in total. The lowest BCUT2D eigenvalue weighted by Gasteiger charge is -2.14. The SMILES string of the molecule is CCC1(CNS(=O)(=O)c2ccc(C(=O)O)c(Cl)c2)CC1. The van der Waals surface area contributed by atoms with Gasteiger partial charge < -0.3 is 5.11 Å². The van der Waals surface area contributed by atoms with Crippen molar-refractivity contribution in [2.45, 2.75) is 31.1 Å². The van der Waals surface area contributed by atoms with Crippen LogP contribution < -0.4 is 4.72 Å². The first-order valence-corrected chi connectivity index (χ1v) is 8.18. The molecule has 20 heavy (non-hydrogen) atoms. The van der Waals surface area contributed by atoms with Gasteiger partial charge in [0, 0.05) is 6.54 Å². The van der Waals surface area contributed by atoms with E-state index in [1.165, 1.54) is 18.2 Å². The molecule has 0 amide bonds. The highest BCUT2D eigenvalue weighted by atomic mass is 35.5. The van der Waals surface area contributed by atoms with Crippen LogP contribution in [0.1, 0.15) is 36.5 Å². The molecule has 1 aromatic carbocycles. The van der Waals surface area contributed by atoms with Gasteiger partial charge in [-0.25, -0.2) is 17.9 Å². The van der Waals surface area contributed by atoms with Crippen LogP contribution in [0, 0.1) is 5.41 Å². The molecule has 0 aliphatic heterocycles. The molecule has 0 heterocycles. The van der Waals surface area contributed by atoms with Crippen LogP contribution in [0.2, 0.25) is 5.02 Å². The van der Waals surface area contributed by atoms with Crippen LogP contribution in [0.25, 0.3) is 0 Å². The average molecular weight is 318 g/mol. The van der Waals surface area contributed by atoms with Crippen molar-refractivity contribution >= 4 is 27.6 Å². The third-order valence-corrected chi connectivity index (χ3v) is 5.54. The van der Waals surface area contributed by atoms with Gasteiger partial charge in [0.2, 0.25) is 10.0 Å². The fourth-order valence-corrected chi connectivity index (χ4v) is 3.51. The van der Waals surface area contributed by atoms with Gasteiger partial charge in [-0.2, -0.15) is 0 Å². The third-order valence-electron chi connectivity index (χ3n) is 3.83. The van der Waals surface area contributed by atoms with Gasteiger partial charge in [-0.3, -0.25) is 0 Å². The number of hydrogen-bond acceptors (Lipinski definition) is 3. The highest BCUT2D eigenvalue weighted by molar-refractivity contribution is 7.89. The zero-order valence-electron chi connectivity index (χ0n) is 11.0. The van der Waals surface area contributed by atoms with E-state index in [1.807, 2.05) is 6.92 Å². The number of nitrogens with one attached hydrogen (secondary N) is 1. The number of carboxylic acid groups (broad SMARTS) is 1. The molecule has 0 saturated heterocycles. The molecule has 0 bridgehead atoms. The molecule has 0 aromatic heterocycles. The van der Waals surface area contributed by atoms with E-state index in [2.05, 4.69) is 4.72 Å². The predicted molar refractivity (Wildman–Crippen MR) is 75.6 cm³/mol. The number of benzene rings is 1. The normalized spacial score (nSPS) is 16.9. The summed E-state index contributed by atoms with van der Waals surface area (Å²) in [6.07, 6.45) is 3.00. The summed E-state index contributed by atoms with van der Waals surface area (Å²) in [6, 6.07) is 3.62. The van der Waals surface area contributed by atoms with Gasteiger partial charge >= 0.3 is 5.97 Å². The summed E-state index contributed by atoms with van der Waals surface area (Å²) in [4.78, 5) is 10.8. The standard InChI is InChI=1S/C13H16ClNO4S/c1-2-13(5-6-13)8-15-20(18,19)9-3-4-10(12(16)17)11(14)7-9/h3-4,7,15H,2,5-6,8H2,1H3,(H,16,17). The highest BCUT2D eigenvalue weighted by Crippen LogP contribution is 2.48. The number of rotatable bonds is 6. The van der Waals surface area contributed by atoms with Gasteiger partial charge in [0.05, 0.1) is 15.5 Å². The molecule has 1 aromatic rings. The minimum atomic E-state index is -3.66. The second kappa shape index (κ2) is 5.35. The Morgan fingerprint density at radius 3 is 2.55 bits per heavy atom. The van der Waals surface area contributed by atoms with Crippen LogP contribution in [0.5, 0.6) is 0 Å². The molecule has 0 atom stereocenters. The van der Waals surface area contributed by atoms with Crippen molar-refractivity contribution in [1.29, 1.82) is 0 Å². The number of sulfonamides is 1. The van der Waals surface area contributed by atoms with Crippen LogP contribution in [0.15, 0.2) is 23.1 Å². The molecule has 1 fully saturated rings. The third kappa shape index (κ3) is 3.13. The Labute approximate surface area is 123 Å². The van der Waals surface area contributed by atoms with Gasteiger partial charge in [0.1, 0.15) is 0 Å². The van der Waals surface area contributed by atoms with Crippen molar-refractivity contribution in [3.63, 3.8) is 0 Å². The minimum absolute atomic E-state index is 0.0144. The van der Waals surface area contributed by atoms with E-state index in [0.717, 1.165) is 19.3 Å². The van der Waals surface area contributed by atoms with Crippen molar-refractivity contribution in [3.8, 4) is 0 Å². The maximum absolute atomic E-state index is 12.1. The largest absolute Gasteiger partial charge is 0.478 e. The molecular formula is C13H16ClNO4S. The number of halogens is 1. The Morgan fingerprint density at radius 2 is 2.10 bits per heavy atom. The molecular weight excluding hydrogens is 302 g/mol. The van der Waals surface area contributed by atoms with Crippen molar-refractivity contribution in [2.24, 2.45) is 5.41 Å². The summed E-state index contributed by atoms with van der Waals surface area (Å²) in [5, 5.41) is 8.77. The quantitative estimate of drug-likeness (QED) is 0.844. The lowest BCUT2D eigenvalue weighted by molar-refractivity contribution is 0.0697. The summed E-state index contributed by atoms with van der Waals surface area (Å²) >= 11 is 5.79. The van der Waals surface area contributed by atoms with Gasteiger partial charge in [-0.15, -0.1) is 0 Å². The molecule has 2 N–H and O–H groups in total. The Bertz CT molecular complexity index is 638. The van der Waals surface area contributed by atoms with Crippen LogP contribution in [0.3, 0.4) is 0 Å². The van der Waals surface area contributed by atoms with E-state index in [0.29, 0.717) is 6.54 Å². The van der Waals surface area contributed by atoms with E-state index in [1.54, 1.807) is 0 Å². The summed E-state index contributed by atoms with van der Waals surface area (Å²) in [5.74, 6) is -1.19. The first kappa shape index (κ1) is 15.3. The Kier molecular flexibility index (Phi) is 4.09. The molecule has 110 valence electrons. The van der Waals surface area contributed by atoms with Gasteiger partial charge in [-0.05, 0) is 42.9 Å². The summed E-state index contributed by atoms with van der Waals surface area (Å²) in [6.45, 7) is 2.45. The molecule has 0 radical (unpaired) electrons. The topological polar surface area (TPSA) is 83.5 Å². The number of hydrogen-bond donors (Lipinski definition) is 2. The van der Waals surface area contributed by atoms with E-state index >= 15 is 0 Å². The summed E-state index contributed by atoms with van der Waals surface area (Å²) in [5.41, 5.74) is -0.0180. The van der Waals surface area contributed by atoms with Crippen LogP contribution in [0.4, 0.5) is 0 Å². The maximum atomic E-state index is 12.1. The Morgan fingerprint density at radius 1 is 1.45 bits per heavy atom. The molecule has 7 heteroatoms. The van der Waals surface area contributed by atoms with E-state index < -0.39 is 16.0 Å². The number of carboxylic acids is 1. The minimum Gasteiger partial charge on any atom is -0.478 e. The zero-order valence-corrected chi connectivity index (χ0v) is 12.6. The first-order chi connectivity index (χ1) is 9.30. The number of carbonyl (C=O) groups is 1. The first-order valence-electron chi connectivity index (χ1n) is 6.32. The Hall–Kier alpha value is -1.11. The second-order valence-electron chi connectivity index (χ2n) is 5.12. The fraction of sp³-hybridized carbons (Fsp3) is 0.462. The molecule has 2 rings (SSSR count). The van der Waals surface area contributed by atoms with Crippen molar-refractivity contribution in [3.05, 3.63) is 28.8 Å². The van der Waals surface area contributed by atoms with Crippen molar-refractivity contribution < 1.29 is 18.3 Å². The van der Waals surface area contributed by atoms with E-state index in [4.69, 9.17) is 16.7 Å². The van der Waals surface area contributed by atoms with Gasteiger partial charge in [0.25, 0.3) is 0 Å². The molecule has 1 aliphatic carbocycles. The number of aromatic carboxylic acids is 1. The lowest BCUT2D eigenvalue weighted by Crippen LogP contribution is -2.30. The predicted octanol–water partition coefficient (Wildman–Crippen LogP) is 2.51. The summed E-state index contributed by atoms with van der Waals surface area (Å²) in [7, 11) is -3.66. The fourth-order valence-electron chi connectivity index (χ4n) is 2.00. The average Bonchev–Trinajstić information content (AvgIpc) is 3.16. The van der Waals surface area contributed by atoms with Crippen LogP contribution >= 0.6 is 11.6 Å². The van der Waals surface area contributed by atoms with Crippen molar-refractivity contribution in [1.82, 2.24) is 4.72 Å².